The average Bonchev–Trinajstić information content (AvgIpc) is 2.59. The first-order chi connectivity index (χ1) is 7.03. The van der Waals surface area contributed by atoms with Crippen LogP contribution in [0.2, 0.25) is 0 Å². The lowest BCUT2D eigenvalue weighted by molar-refractivity contribution is 0.592. The van der Waals surface area contributed by atoms with E-state index < -0.39 is 9.84 Å². The number of nitrogens with zero attached hydrogens (tertiary/aromatic N) is 1. The molecule has 0 fully saturated rings. The third-order valence-corrected chi connectivity index (χ3v) is 3.96. The minimum atomic E-state index is -2.84. The first-order valence-corrected chi connectivity index (χ1v) is 6.87. The van der Waals surface area contributed by atoms with Crippen LogP contribution in [-0.4, -0.2) is 31.0 Å². The first-order valence-electron chi connectivity index (χ1n) is 5.05. The van der Waals surface area contributed by atoms with Gasteiger partial charge in [-0.1, -0.05) is 6.92 Å². The fraction of sp³-hybridized carbons (Fsp3) is 0.600. The summed E-state index contributed by atoms with van der Waals surface area (Å²) in [7, 11) is -0.873. The molecule has 1 heterocycles. The molecule has 0 aliphatic rings. The Hall–Kier alpha value is -0.810. The van der Waals surface area contributed by atoms with Crippen LogP contribution in [0, 0.1) is 0 Å². The summed E-state index contributed by atoms with van der Waals surface area (Å²) in [6, 6.07) is 2.02. The fourth-order valence-corrected chi connectivity index (χ4v) is 2.01. The van der Waals surface area contributed by atoms with E-state index in [1.165, 1.54) is 5.56 Å². The van der Waals surface area contributed by atoms with E-state index in [-0.39, 0.29) is 11.5 Å². The zero-order chi connectivity index (χ0) is 11.3. The predicted molar refractivity (Wildman–Crippen MR) is 61.4 cm³/mol. The number of hydrogen-bond acceptors (Lipinski definition) is 3. The Morgan fingerprint density at radius 3 is 2.73 bits per heavy atom. The Morgan fingerprint density at radius 1 is 1.47 bits per heavy atom. The molecule has 1 aromatic heterocycles. The Bertz CT molecular complexity index is 395. The minimum Gasteiger partial charge on any atom is -0.357 e. The van der Waals surface area contributed by atoms with E-state index in [9.17, 15) is 8.42 Å². The standard InChI is InChI=1S/C10H18N2O2S/c1-3-15(13,14)7-5-11-8-10-4-6-12(2)9-10/h4,6,9,11H,3,5,7-8H2,1-2H3. The summed E-state index contributed by atoms with van der Waals surface area (Å²) in [4.78, 5) is 0. The lowest BCUT2D eigenvalue weighted by Gasteiger charge is -2.03. The van der Waals surface area contributed by atoms with Crippen molar-refractivity contribution in [2.45, 2.75) is 13.5 Å². The van der Waals surface area contributed by atoms with Gasteiger partial charge in [-0.3, -0.25) is 0 Å². The van der Waals surface area contributed by atoms with Crippen LogP contribution in [0.15, 0.2) is 18.5 Å². The highest BCUT2D eigenvalue weighted by atomic mass is 32.2. The van der Waals surface area contributed by atoms with Gasteiger partial charge >= 0.3 is 0 Å². The normalized spacial score (nSPS) is 11.9. The maximum absolute atomic E-state index is 11.2. The van der Waals surface area contributed by atoms with Crippen LogP contribution in [0.25, 0.3) is 0 Å². The van der Waals surface area contributed by atoms with Crippen molar-refractivity contribution in [3.8, 4) is 0 Å². The molecule has 0 saturated heterocycles. The number of aryl methyl sites for hydroxylation is 1. The monoisotopic (exact) mass is 230 g/mol. The highest BCUT2D eigenvalue weighted by Crippen LogP contribution is 1.98. The van der Waals surface area contributed by atoms with E-state index in [1.807, 2.05) is 30.1 Å². The number of sulfone groups is 1. The number of aromatic nitrogens is 1. The molecule has 0 bridgehead atoms. The maximum atomic E-state index is 11.2. The van der Waals surface area contributed by atoms with E-state index in [4.69, 9.17) is 0 Å². The van der Waals surface area contributed by atoms with E-state index >= 15 is 0 Å². The van der Waals surface area contributed by atoms with Crippen molar-refractivity contribution in [2.24, 2.45) is 7.05 Å². The molecule has 0 aliphatic heterocycles. The molecular formula is C10H18N2O2S. The van der Waals surface area contributed by atoms with Gasteiger partial charge in [0.05, 0.1) is 5.75 Å². The summed E-state index contributed by atoms with van der Waals surface area (Å²) in [6.45, 7) is 2.91. The van der Waals surface area contributed by atoms with Crippen LogP contribution in [0.5, 0.6) is 0 Å². The molecule has 15 heavy (non-hydrogen) atoms. The molecule has 1 N–H and O–H groups in total. The molecule has 0 radical (unpaired) electrons. The summed E-state index contributed by atoms with van der Waals surface area (Å²) in [5.74, 6) is 0.441. The second-order valence-electron chi connectivity index (χ2n) is 3.60. The molecule has 0 unspecified atom stereocenters. The van der Waals surface area contributed by atoms with Crippen molar-refractivity contribution >= 4 is 9.84 Å². The van der Waals surface area contributed by atoms with Crippen molar-refractivity contribution < 1.29 is 8.42 Å². The smallest absolute Gasteiger partial charge is 0.151 e. The van der Waals surface area contributed by atoms with Gasteiger partial charge in [0.15, 0.2) is 9.84 Å². The van der Waals surface area contributed by atoms with Crippen LogP contribution >= 0.6 is 0 Å². The lowest BCUT2D eigenvalue weighted by atomic mass is 10.3. The average molecular weight is 230 g/mol. The van der Waals surface area contributed by atoms with Crippen molar-refractivity contribution in [1.82, 2.24) is 9.88 Å². The molecule has 1 aromatic rings. The Labute approximate surface area is 91.2 Å². The number of hydrogen-bond donors (Lipinski definition) is 1. The largest absolute Gasteiger partial charge is 0.357 e. The SMILES string of the molecule is CCS(=O)(=O)CCNCc1ccn(C)c1. The summed E-state index contributed by atoms with van der Waals surface area (Å²) in [6.07, 6.45) is 3.99. The molecule has 0 aliphatic carbocycles. The first kappa shape index (κ1) is 12.3. The van der Waals surface area contributed by atoms with E-state index in [0.29, 0.717) is 6.54 Å². The van der Waals surface area contributed by atoms with E-state index in [1.54, 1.807) is 6.92 Å². The van der Waals surface area contributed by atoms with Gasteiger partial charge in [-0.15, -0.1) is 0 Å². The Balaban J connectivity index is 2.23. The van der Waals surface area contributed by atoms with Crippen LogP contribution in [0.1, 0.15) is 12.5 Å². The Morgan fingerprint density at radius 2 is 2.20 bits per heavy atom. The van der Waals surface area contributed by atoms with Crippen molar-refractivity contribution in [3.63, 3.8) is 0 Å². The van der Waals surface area contributed by atoms with E-state index in [0.717, 1.165) is 6.54 Å². The van der Waals surface area contributed by atoms with Crippen molar-refractivity contribution in [2.75, 3.05) is 18.1 Å². The van der Waals surface area contributed by atoms with Gasteiger partial charge in [0.1, 0.15) is 0 Å². The highest BCUT2D eigenvalue weighted by Gasteiger charge is 2.05. The van der Waals surface area contributed by atoms with Crippen LogP contribution < -0.4 is 5.32 Å². The quantitative estimate of drug-likeness (QED) is 0.726. The van der Waals surface area contributed by atoms with Gasteiger partial charge in [-0.05, 0) is 11.6 Å². The van der Waals surface area contributed by atoms with Crippen LogP contribution in [-0.2, 0) is 23.4 Å². The van der Waals surface area contributed by atoms with Gasteiger partial charge in [-0.2, -0.15) is 0 Å². The zero-order valence-corrected chi connectivity index (χ0v) is 10.0. The van der Waals surface area contributed by atoms with Crippen molar-refractivity contribution in [3.05, 3.63) is 24.0 Å². The van der Waals surface area contributed by atoms with E-state index in [2.05, 4.69) is 5.32 Å². The number of nitrogens with one attached hydrogen (secondary N) is 1. The zero-order valence-electron chi connectivity index (χ0n) is 9.23. The highest BCUT2D eigenvalue weighted by molar-refractivity contribution is 7.91. The fourth-order valence-electron chi connectivity index (χ4n) is 1.27. The van der Waals surface area contributed by atoms with Crippen LogP contribution in [0.3, 0.4) is 0 Å². The molecular weight excluding hydrogens is 212 g/mol. The molecule has 0 aromatic carbocycles. The van der Waals surface area contributed by atoms with Gasteiger partial charge in [0, 0.05) is 38.3 Å². The molecule has 5 heteroatoms. The lowest BCUT2D eigenvalue weighted by Crippen LogP contribution is -2.23. The second-order valence-corrected chi connectivity index (χ2v) is 6.07. The molecule has 0 atom stereocenters. The molecule has 4 nitrogen and oxygen atoms in total. The molecule has 0 saturated carbocycles. The van der Waals surface area contributed by atoms with Gasteiger partial charge in [0.2, 0.25) is 0 Å². The molecule has 0 spiro atoms. The Kier molecular flexibility index (Phi) is 4.35. The van der Waals surface area contributed by atoms with Gasteiger partial charge < -0.3 is 9.88 Å². The molecule has 86 valence electrons. The maximum Gasteiger partial charge on any atom is 0.151 e. The summed E-state index contributed by atoms with van der Waals surface area (Å²) < 4.78 is 24.3. The molecule has 1 rings (SSSR count). The summed E-state index contributed by atoms with van der Waals surface area (Å²) in [5.41, 5.74) is 1.17. The summed E-state index contributed by atoms with van der Waals surface area (Å²) in [5, 5.41) is 3.11. The second kappa shape index (κ2) is 5.32. The molecule has 0 amide bonds. The number of rotatable bonds is 6. The van der Waals surface area contributed by atoms with Crippen molar-refractivity contribution in [1.29, 1.82) is 0 Å². The predicted octanol–water partition coefficient (Wildman–Crippen LogP) is 0.549. The third kappa shape index (κ3) is 4.48. The van der Waals surface area contributed by atoms with Gasteiger partial charge in [-0.25, -0.2) is 8.42 Å². The third-order valence-electron chi connectivity index (χ3n) is 2.25. The van der Waals surface area contributed by atoms with Gasteiger partial charge in [0.25, 0.3) is 0 Å². The summed E-state index contributed by atoms with van der Waals surface area (Å²) >= 11 is 0. The topological polar surface area (TPSA) is 51.1 Å². The minimum absolute atomic E-state index is 0.219. The van der Waals surface area contributed by atoms with Crippen LogP contribution in [0.4, 0.5) is 0 Å².